The van der Waals surface area contributed by atoms with Gasteiger partial charge in [0.05, 0.1) is 6.10 Å². The Morgan fingerprint density at radius 1 is 1.12 bits per heavy atom. The van der Waals surface area contributed by atoms with Crippen LogP contribution in [0.15, 0.2) is 24.3 Å². The Hall–Kier alpha value is -0.0900. The third-order valence-electron chi connectivity index (χ3n) is 4.99. The molecule has 1 aromatic carbocycles. The van der Waals surface area contributed by atoms with Crippen LogP contribution in [0, 0.1) is 11.8 Å². The lowest BCUT2D eigenvalue weighted by molar-refractivity contribution is 0.0459. The van der Waals surface area contributed by atoms with Crippen molar-refractivity contribution in [2.24, 2.45) is 11.8 Å². The first-order valence-corrected chi connectivity index (χ1v) is 7.33. The van der Waals surface area contributed by atoms with E-state index in [9.17, 15) is 0 Å². The van der Waals surface area contributed by atoms with Crippen LogP contribution in [0.1, 0.15) is 29.4 Å². The van der Waals surface area contributed by atoms with Crippen molar-refractivity contribution in [3.05, 3.63) is 35.4 Å². The molecule has 1 aromatic rings. The minimum Gasteiger partial charge on any atom is -0.380 e. The highest BCUT2D eigenvalue weighted by atomic mass is 127. The van der Waals surface area contributed by atoms with Crippen molar-refractivity contribution in [3.8, 4) is 0 Å². The Balaban J connectivity index is 1.79. The molecule has 0 aromatic heterocycles. The molecular weight excluding hydrogens is 311 g/mol. The maximum atomic E-state index is 5.72. The summed E-state index contributed by atoms with van der Waals surface area (Å²) < 4.78 is 6.44. The number of rotatable bonds is 1. The van der Waals surface area contributed by atoms with Crippen LogP contribution in [-0.2, 0) is 4.74 Å². The first kappa shape index (κ1) is 9.89. The van der Waals surface area contributed by atoms with E-state index in [2.05, 4.69) is 46.9 Å². The average Bonchev–Trinajstić information content (AvgIpc) is 2.76. The fourth-order valence-electron chi connectivity index (χ4n) is 4.46. The van der Waals surface area contributed by atoms with E-state index in [0.717, 1.165) is 27.6 Å². The third kappa shape index (κ3) is 0.969. The lowest BCUT2D eigenvalue weighted by atomic mass is 9.61. The summed E-state index contributed by atoms with van der Waals surface area (Å²) in [6, 6.07) is 9.04. The Bertz CT molecular complexity index is 444. The molecule has 1 nitrogen and oxygen atoms in total. The topological polar surface area (TPSA) is 9.23 Å². The molecule has 0 heterocycles. The molecule has 4 rings (SSSR count). The Labute approximate surface area is 110 Å². The average molecular weight is 326 g/mol. The molecule has 84 valence electrons. The van der Waals surface area contributed by atoms with Gasteiger partial charge in [-0.1, -0.05) is 46.9 Å². The van der Waals surface area contributed by atoms with E-state index in [4.69, 9.17) is 4.74 Å². The van der Waals surface area contributed by atoms with Gasteiger partial charge < -0.3 is 4.74 Å². The second-order valence-electron chi connectivity index (χ2n) is 5.39. The van der Waals surface area contributed by atoms with Crippen LogP contribution < -0.4 is 0 Å². The zero-order chi connectivity index (χ0) is 10.9. The first-order chi connectivity index (χ1) is 7.83. The number of alkyl halides is 1. The van der Waals surface area contributed by atoms with Gasteiger partial charge >= 0.3 is 0 Å². The lowest BCUT2D eigenvalue weighted by Crippen LogP contribution is -2.42. The highest BCUT2D eigenvalue weighted by Gasteiger charge is 2.62. The standard InChI is InChI=1S/C14H15IO/c1-16-14-10-6-9(13(14)15)11-7-4-2-3-5-8(7)12(10)11/h2-5,9-14H,6H2,1H3/t9-,10+,11+,12-,13-,14-/m1/s1. The molecule has 0 unspecified atom stereocenters. The molecule has 0 saturated heterocycles. The SMILES string of the molecule is CO[C@H]1[C@H](I)[C@@H]2C[C@H]1[C@H]1c3ccccc3[C@@H]21. The van der Waals surface area contributed by atoms with Crippen molar-refractivity contribution < 1.29 is 4.74 Å². The minimum atomic E-state index is 0.500. The molecular formula is C14H15IO. The molecule has 2 bridgehead atoms. The lowest BCUT2D eigenvalue weighted by Gasteiger charge is -2.47. The molecule has 0 spiro atoms. The first-order valence-electron chi connectivity index (χ1n) is 6.08. The van der Waals surface area contributed by atoms with Gasteiger partial charge in [0, 0.05) is 11.0 Å². The summed E-state index contributed by atoms with van der Waals surface area (Å²) >= 11 is 2.62. The van der Waals surface area contributed by atoms with E-state index >= 15 is 0 Å². The summed E-state index contributed by atoms with van der Waals surface area (Å²) in [6.07, 6.45) is 1.89. The van der Waals surface area contributed by atoms with E-state index in [1.54, 1.807) is 11.1 Å². The summed E-state index contributed by atoms with van der Waals surface area (Å²) in [7, 11) is 1.89. The van der Waals surface area contributed by atoms with Gasteiger partial charge in [-0.05, 0) is 41.2 Å². The van der Waals surface area contributed by atoms with E-state index in [1.165, 1.54) is 6.42 Å². The Morgan fingerprint density at radius 3 is 2.38 bits per heavy atom. The van der Waals surface area contributed by atoms with Gasteiger partial charge in [0.15, 0.2) is 0 Å². The van der Waals surface area contributed by atoms with Crippen molar-refractivity contribution in [1.82, 2.24) is 0 Å². The molecule has 2 heteroatoms. The molecule has 3 aliphatic rings. The monoisotopic (exact) mass is 326 g/mol. The van der Waals surface area contributed by atoms with Crippen molar-refractivity contribution in [2.75, 3.05) is 7.11 Å². The zero-order valence-corrected chi connectivity index (χ0v) is 11.4. The predicted octanol–water partition coefficient (Wildman–Crippen LogP) is 3.34. The zero-order valence-electron chi connectivity index (χ0n) is 9.27. The van der Waals surface area contributed by atoms with Crippen LogP contribution in [-0.4, -0.2) is 17.1 Å². The van der Waals surface area contributed by atoms with Gasteiger partial charge in [-0.25, -0.2) is 0 Å². The van der Waals surface area contributed by atoms with E-state index in [-0.39, 0.29) is 0 Å². The van der Waals surface area contributed by atoms with Gasteiger partial charge in [-0.2, -0.15) is 0 Å². The van der Waals surface area contributed by atoms with Crippen LogP contribution in [0.4, 0.5) is 0 Å². The molecule has 0 aliphatic heterocycles. The summed E-state index contributed by atoms with van der Waals surface area (Å²) in [5.74, 6) is 3.33. The molecule has 0 radical (unpaired) electrons. The van der Waals surface area contributed by atoms with Crippen LogP contribution in [0.2, 0.25) is 0 Å². The van der Waals surface area contributed by atoms with Gasteiger partial charge in [0.1, 0.15) is 0 Å². The molecule has 2 fully saturated rings. The normalized spacial score (nSPS) is 47.4. The Kier molecular flexibility index (Phi) is 1.99. The van der Waals surface area contributed by atoms with Gasteiger partial charge in [0.25, 0.3) is 0 Å². The van der Waals surface area contributed by atoms with Crippen molar-refractivity contribution in [3.63, 3.8) is 0 Å². The molecule has 16 heavy (non-hydrogen) atoms. The van der Waals surface area contributed by atoms with E-state index in [1.807, 2.05) is 7.11 Å². The van der Waals surface area contributed by atoms with Gasteiger partial charge in [-0.15, -0.1) is 0 Å². The highest BCUT2D eigenvalue weighted by Crippen LogP contribution is 2.69. The van der Waals surface area contributed by atoms with Crippen molar-refractivity contribution in [1.29, 1.82) is 0 Å². The maximum Gasteiger partial charge on any atom is 0.0726 e. The van der Waals surface area contributed by atoms with E-state index < -0.39 is 0 Å². The largest absolute Gasteiger partial charge is 0.380 e. The predicted molar refractivity (Wildman–Crippen MR) is 72.1 cm³/mol. The van der Waals surface area contributed by atoms with E-state index in [0.29, 0.717) is 6.10 Å². The van der Waals surface area contributed by atoms with Crippen LogP contribution in [0.25, 0.3) is 0 Å². The third-order valence-corrected chi connectivity index (χ3v) is 6.62. The number of fused-ring (bicyclic) bond motifs is 8. The van der Waals surface area contributed by atoms with Gasteiger partial charge in [0.2, 0.25) is 0 Å². The summed E-state index contributed by atoms with van der Waals surface area (Å²) in [4.78, 5) is 0. The number of methoxy groups -OCH3 is 1. The number of hydrogen-bond acceptors (Lipinski definition) is 1. The highest BCUT2D eigenvalue weighted by molar-refractivity contribution is 14.1. The second-order valence-corrected chi connectivity index (χ2v) is 6.83. The maximum absolute atomic E-state index is 5.72. The molecule has 6 atom stereocenters. The molecule has 0 N–H and O–H groups in total. The molecule has 0 amide bonds. The van der Waals surface area contributed by atoms with Crippen molar-refractivity contribution >= 4 is 22.6 Å². The number of ether oxygens (including phenoxy) is 1. The fourth-order valence-corrected chi connectivity index (χ4v) is 6.03. The second kappa shape index (κ2) is 3.22. The van der Waals surface area contributed by atoms with Crippen LogP contribution >= 0.6 is 22.6 Å². The summed E-state index contributed by atoms with van der Waals surface area (Å²) in [6.45, 7) is 0. The van der Waals surface area contributed by atoms with Gasteiger partial charge in [-0.3, -0.25) is 0 Å². The quantitative estimate of drug-likeness (QED) is 0.568. The molecule has 3 aliphatic carbocycles. The number of benzene rings is 1. The Morgan fingerprint density at radius 2 is 1.75 bits per heavy atom. The molecule has 2 saturated carbocycles. The number of hydrogen-bond donors (Lipinski definition) is 0. The van der Waals surface area contributed by atoms with Crippen molar-refractivity contribution in [2.45, 2.75) is 28.3 Å². The van der Waals surface area contributed by atoms with Crippen LogP contribution in [0.3, 0.4) is 0 Å². The number of halogens is 1. The minimum absolute atomic E-state index is 0.500. The summed E-state index contributed by atoms with van der Waals surface area (Å²) in [5, 5.41) is 0. The fraction of sp³-hybridized carbons (Fsp3) is 0.571. The van der Waals surface area contributed by atoms with Crippen LogP contribution in [0.5, 0.6) is 0 Å². The smallest absolute Gasteiger partial charge is 0.0726 e. The summed E-state index contributed by atoms with van der Waals surface area (Å²) in [5.41, 5.74) is 3.25.